The highest BCUT2D eigenvalue weighted by Crippen LogP contribution is 2.22. The highest BCUT2D eigenvalue weighted by Gasteiger charge is 2.32. The second-order valence-corrected chi connectivity index (χ2v) is 4.97. The van der Waals surface area contributed by atoms with Gasteiger partial charge in [-0.05, 0) is 31.4 Å². The predicted molar refractivity (Wildman–Crippen MR) is 72.0 cm³/mol. The molecule has 96 valence electrons. The fourth-order valence-electron chi connectivity index (χ4n) is 2.27. The Balaban J connectivity index is 2.31. The number of thiocarbonyl (C=S) groups is 1. The van der Waals surface area contributed by atoms with Gasteiger partial charge in [0.2, 0.25) is 0 Å². The summed E-state index contributed by atoms with van der Waals surface area (Å²) in [5.74, 6) is -0.789. The fourth-order valence-corrected chi connectivity index (χ4v) is 2.52. The topological polar surface area (TPSA) is 46.3 Å². The zero-order chi connectivity index (χ0) is 13.3. The number of halogens is 1. The summed E-state index contributed by atoms with van der Waals surface area (Å²) in [6.45, 7) is 2.22. The van der Waals surface area contributed by atoms with Gasteiger partial charge in [0.05, 0.1) is 16.6 Å². The van der Waals surface area contributed by atoms with E-state index in [2.05, 4.69) is 0 Å². The van der Waals surface area contributed by atoms with Gasteiger partial charge >= 0.3 is 0 Å². The maximum absolute atomic E-state index is 13.9. The van der Waals surface area contributed by atoms with Crippen molar-refractivity contribution in [1.82, 2.24) is 4.90 Å². The molecule has 0 spiro atoms. The Kier molecular flexibility index (Phi) is 3.61. The average Bonchev–Trinajstić information content (AvgIpc) is 2.81. The first kappa shape index (κ1) is 13.0. The lowest BCUT2D eigenvalue weighted by Gasteiger charge is -2.24. The van der Waals surface area contributed by atoms with Gasteiger partial charge in [-0.15, -0.1) is 0 Å². The number of benzene rings is 1. The van der Waals surface area contributed by atoms with Gasteiger partial charge in [-0.1, -0.05) is 24.4 Å². The Morgan fingerprint density at radius 3 is 2.94 bits per heavy atom. The monoisotopic (exact) mass is 266 g/mol. The van der Waals surface area contributed by atoms with Gasteiger partial charge in [0, 0.05) is 6.54 Å². The van der Waals surface area contributed by atoms with Crippen LogP contribution >= 0.6 is 12.2 Å². The van der Waals surface area contributed by atoms with Crippen LogP contribution in [0.3, 0.4) is 0 Å². The summed E-state index contributed by atoms with van der Waals surface area (Å²) in [5, 5.41) is 0. The van der Waals surface area contributed by atoms with Crippen molar-refractivity contribution in [3.63, 3.8) is 0 Å². The van der Waals surface area contributed by atoms with E-state index in [0.717, 1.165) is 12.8 Å². The molecular formula is C13H15FN2OS. The molecule has 2 N–H and O–H groups in total. The summed E-state index contributed by atoms with van der Waals surface area (Å²) in [7, 11) is 0. The van der Waals surface area contributed by atoms with E-state index in [1.165, 1.54) is 6.07 Å². The lowest BCUT2D eigenvalue weighted by atomic mass is 10.1. The minimum absolute atomic E-state index is 0.0955. The Bertz CT molecular complexity index is 504. The van der Waals surface area contributed by atoms with Crippen molar-refractivity contribution in [2.45, 2.75) is 25.8 Å². The Hall–Kier alpha value is -1.49. The zero-order valence-corrected chi connectivity index (χ0v) is 11.0. The van der Waals surface area contributed by atoms with Crippen LogP contribution in [0, 0.1) is 12.7 Å². The molecule has 5 heteroatoms. The van der Waals surface area contributed by atoms with Crippen LogP contribution in [-0.4, -0.2) is 28.4 Å². The molecule has 0 radical (unpaired) electrons. The van der Waals surface area contributed by atoms with E-state index in [9.17, 15) is 9.18 Å². The summed E-state index contributed by atoms with van der Waals surface area (Å²) in [5.41, 5.74) is 6.18. The predicted octanol–water partition coefficient (Wildman–Crippen LogP) is 2.02. The van der Waals surface area contributed by atoms with Crippen LogP contribution in [0.2, 0.25) is 0 Å². The first-order chi connectivity index (χ1) is 8.52. The normalized spacial score (nSPS) is 19.0. The molecule has 1 atom stereocenters. The van der Waals surface area contributed by atoms with E-state index in [4.69, 9.17) is 18.0 Å². The summed E-state index contributed by atoms with van der Waals surface area (Å²) in [6.07, 6.45) is 1.61. The van der Waals surface area contributed by atoms with Crippen LogP contribution in [0.1, 0.15) is 28.8 Å². The number of carbonyl (C=O) groups is 1. The van der Waals surface area contributed by atoms with E-state index in [-0.39, 0.29) is 17.5 Å². The van der Waals surface area contributed by atoms with Crippen molar-refractivity contribution < 1.29 is 9.18 Å². The quantitative estimate of drug-likeness (QED) is 0.833. The number of hydrogen-bond donors (Lipinski definition) is 1. The number of rotatable bonds is 2. The van der Waals surface area contributed by atoms with Crippen molar-refractivity contribution in [3.05, 3.63) is 35.1 Å². The van der Waals surface area contributed by atoms with E-state index >= 15 is 0 Å². The highest BCUT2D eigenvalue weighted by atomic mass is 32.1. The summed E-state index contributed by atoms with van der Waals surface area (Å²) in [6, 6.07) is 4.57. The minimum Gasteiger partial charge on any atom is -0.392 e. The second-order valence-electron chi connectivity index (χ2n) is 4.50. The lowest BCUT2D eigenvalue weighted by molar-refractivity contribution is 0.0765. The van der Waals surface area contributed by atoms with Crippen LogP contribution in [0.25, 0.3) is 0 Å². The fraction of sp³-hybridized carbons (Fsp3) is 0.385. The van der Waals surface area contributed by atoms with Gasteiger partial charge < -0.3 is 10.6 Å². The average molecular weight is 266 g/mol. The summed E-state index contributed by atoms with van der Waals surface area (Å²) < 4.78 is 13.9. The Labute approximate surface area is 111 Å². The maximum atomic E-state index is 13.9. The second kappa shape index (κ2) is 5.02. The van der Waals surface area contributed by atoms with Gasteiger partial charge in [-0.2, -0.15) is 0 Å². The molecule has 1 saturated heterocycles. The summed E-state index contributed by atoms with van der Waals surface area (Å²) >= 11 is 4.95. The van der Waals surface area contributed by atoms with E-state index in [0.29, 0.717) is 17.1 Å². The third kappa shape index (κ3) is 2.22. The lowest BCUT2D eigenvalue weighted by Crippen LogP contribution is -2.43. The first-order valence-electron chi connectivity index (χ1n) is 5.87. The zero-order valence-electron chi connectivity index (χ0n) is 10.1. The minimum atomic E-state index is -0.462. The third-order valence-corrected chi connectivity index (χ3v) is 3.54. The van der Waals surface area contributed by atoms with E-state index in [1.807, 2.05) is 0 Å². The number of hydrogen-bond acceptors (Lipinski definition) is 2. The molecule has 0 aromatic heterocycles. The van der Waals surface area contributed by atoms with Crippen LogP contribution in [0.15, 0.2) is 18.2 Å². The highest BCUT2D eigenvalue weighted by molar-refractivity contribution is 7.80. The molecule has 1 aliphatic heterocycles. The molecule has 0 aliphatic carbocycles. The van der Waals surface area contributed by atoms with Crippen molar-refractivity contribution >= 4 is 23.1 Å². The van der Waals surface area contributed by atoms with Crippen molar-refractivity contribution in [1.29, 1.82) is 0 Å². The molecular weight excluding hydrogens is 251 g/mol. The molecule has 0 saturated carbocycles. The van der Waals surface area contributed by atoms with Crippen molar-refractivity contribution in [2.24, 2.45) is 5.73 Å². The van der Waals surface area contributed by atoms with E-state index in [1.54, 1.807) is 24.0 Å². The smallest absolute Gasteiger partial charge is 0.257 e. The number of carbonyl (C=O) groups excluding carboxylic acids is 1. The molecule has 1 amide bonds. The molecule has 3 nitrogen and oxygen atoms in total. The molecule has 1 aromatic carbocycles. The van der Waals surface area contributed by atoms with Crippen LogP contribution < -0.4 is 5.73 Å². The molecule has 1 unspecified atom stereocenters. The molecule has 1 aromatic rings. The largest absolute Gasteiger partial charge is 0.392 e. The molecule has 1 fully saturated rings. The SMILES string of the molecule is Cc1cccc(C(=O)N2CCCC2C(N)=S)c1F. The Morgan fingerprint density at radius 1 is 1.56 bits per heavy atom. The molecule has 2 rings (SSSR count). The third-order valence-electron chi connectivity index (χ3n) is 3.26. The maximum Gasteiger partial charge on any atom is 0.257 e. The van der Waals surface area contributed by atoms with E-state index < -0.39 is 5.82 Å². The summed E-state index contributed by atoms with van der Waals surface area (Å²) in [4.78, 5) is 14.2. The van der Waals surface area contributed by atoms with Crippen LogP contribution in [0.4, 0.5) is 4.39 Å². The first-order valence-corrected chi connectivity index (χ1v) is 6.28. The van der Waals surface area contributed by atoms with Gasteiger partial charge in [-0.25, -0.2) is 4.39 Å². The van der Waals surface area contributed by atoms with Gasteiger partial charge in [0.25, 0.3) is 5.91 Å². The molecule has 18 heavy (non-hydrogen) atoms. The van der Waals surface area contributed by atoms with Gasteiger partial charge in [0.15, 0.2) is 0 Å². The number of nitrogens with zero attached hydrogens (tertiary/aromatic N) is 1. The molecule has 1 heterocycles. The standard InChI is InChI=1S/C13H15FN2OS/c1-8-4-2-5-9(11(8)14)13(17)16-7-3-6-10(16)12(15)18/h2,4-5,10H,3,6-7H2,1H3,(H2,15,18). The number of amides is 1. The van der Waals surface area contributed by atoms with Gasteiger partial charge in [0.1, 0.15) is 5.82 Å². The number of nitrogens with two attached hydrogens (primary N) is 1. The van der Waals surface area contributed by atoms with Crippen LogP contribution in [0.5, 0.6) is 0 Å². The van der Waals surface area contributed by atoms with Crippen molar-refractivity contribution in [2.75, 3.05) is 6.54 Å². The van der Waals surface area contributed by atoms with Gasteiger partial charge in [-0.3, -0.25) is 4.79 Å². The van der Waals surface area contributed by atoms with Crippen molar-refractivity contribution in [3.8, 4) is 0 Å². The Morgan fingerprint density at radius 2 is 2.28 bits per heavy atom. The van der Waals surface area contributed by atoms with Crippen LogP contribution in [-0.2, 0) is 0 Å². The molecule has 1 aliphatic rings. The number of likely N-dealkylation sites (tertiary alicyclic amines) is 1. The number of aryl methyl sites for hydroxylation is 1. The molecule has 0 bridgehead atoms.